The van der Waals surface area contributed by atoms with Gasteiger partial charge in [-0.25, -0.2) is 5.90 Å². The van der Waals surface area contributed by atoms with Crippen molar-refractivity contribution in [3.05, 3.63) is 0 Å². The van der Waals surface area contributed by atoms with E-state index in [1.54, 1.807) is 0 Å². The van der Waals surface area contributed by atoms with Gasteiger partial charge in [-0.1, -0.05) is 0 Å². The van der Waals surface area contributed by atoms with Crippen molar-refractivity contribution in [3.8, 4) is 0 Å². The Morgan fingerprint density at radius 2 is 1.22 bits per heavy atom. The summed E-state index contributed by atoms with van der Waals surface area (Å²) < 4.78 is 31.6. The van der Waals surface area contributed by atoms with E-state index in [4.69, 9.17) is 22.7 Å². The summed E-state index contributed by atoms with van der Waals surface area (Å²) >= 11 is 3.37. The van der Waals surface area contributed by atoms with Gasteiger partial charge in [-0.15, -0.1) is 0 Å². The third-order valence-corrected chi connectivity index (χ3v) is 0. The molecule has 9 heteroatoms. The Morgan fingerprint density at radius 1 is 1.22 bits per heavy atom. The van der Waals surface area contributed by atoms with Crippen molar-refractivity contribution in [2.24, 2.45) is 5.90 Å². The zero-order chi connectivity index (χ0) is 8.50. The topological polar surface area (TPSA) is 121 Å². The predicted octanol–water partition coefficient (Wildman–Crippen LogP) is -0.814. The molecule has 0 spiro atoms. The minimum atomic E-state index is -4.67. The molecular formula is H5IKNO5S. The van der Waals surface area contributed by atoms with Crippen molar-refractivity contribution in [1.82, 2.24) is 0 Å². The molecule has 0 bridgehead atoms. The molecule has 6 nitrogen and oxygen atoms in total. The molecular weight excluding hydrogens is 292 g/mol. The van der Waals surface area contributed by atoms with Gasteiger partial charge in [0.15, 0.2) is 0 Å². The fourth-order valence-electron chi connectivity index (χ4n) is 0. The van der Waals surface area contributed by atoms with E-state index < -0.39 is 10.4 Å². The van der Waals surface area contributed by atoms with Crippen molar-refractivity contribution in [2.45, 2.75) is 0 Å². The first kappa shape index (κ1) is 17.3. The molecule has 0 aromatic carbocycles. The molecule has 0 amide bonds. The number of hydrogen-bond donors (Lipinski definition) is 4. The monoisotopic (exact) mass is 297 g/mol. The fourth-order valence-corrected chi connectivity index (χ4v) is 0. The summed E-state index contributed by atoms with van der Waals surface area (Å²) in [6, 6.07) is 0. The molecule has 0 atom stereocenters. The van der Waals surface area contributed by atoms with Crippen LogP contribution >= 0.6 is 11.3 Å². The van der Waals surface area contributed by atoms with Crippen LogP contribution in [0.5, 0.6) is 0 Å². The van der Waals surface area contributed by atoms with Gasteiger partial charge in [-0.2, -0.15) is 8.42 Å². The van der Waals surface area contributed by atoms with Crippen LogP contribution in [0.25, 0.3) is 0 Å². The van der Waals surface area contributed by atoms with Crippen molar-refractivity contribution in [3.63, 3.8) is 0 Å². The summed E-state index contributed by atoms with van der Waals surface area (Å²) in [5.41, 5.74) is 0. The van der Waals surface area contributed by atoms with Crippen molar-refractivity contribution in [2.75, 3.05) is 0 Å². The van der Waals surface area contributed by atoms with Gasteiger partial charge >= 0.3 is 64.4 Å². The molecule has 0 aromatic rings. The number of halogens is 1. The summed E-state index contributed by atoms with van der Waals surface area (Å²) in [6.45, 7) is 0. The summed E-state index contributed by atoms with van der Waals surface area (Å²) in [5, 5.41) is 6.50. The Balaban J connectivity index is -0.0000000771. The Hall–Kier alpha value is 2.16. The molecule has 0 unspecified atom stereocenters. The second kappa shape index (κ2) is 12.8. The third kappa shape index (κ3) is 145. The minimum absolute atomic E-state index is 1.03. The van der Waals surface area contributed by atoms with Gasteiger partial charge in [0.2, 0.25) is 0 Å². The van der Waals surface area contributed by atoms with E-state index in [1.165, 1.54) is 0 Å². The van der Waals surface area contributed by atoms with Crippen LogP contribution in [0.3, 0.4) is 0 Å². The average Bonchev–Trinajstić information content (AvgIpc) is 1.72. The first-order chi connectivity index (χ1) is 4.00. The molecule has 0 aromatic heterocycles. The van der Waals surface area contributed by atoms with E-state index in [-0.39, 0.29) is 0 Å². The molecule has 0 aliphatic heterocycles. The van der Waals surface area contributed by atoms with Gasteiger partial charge in [-0.3, -0.25) is 9.11 Å². The zero-order valence-electron chi connectivity index (χ0n) is 4.52. The molecule has 54 valence electrons. The molecule has 0 heterocycles. The predicted molar refractivity (Wildman–Crippen MR) is 39.9 cm³/mol. The molecule has 5 N–H and O–H groups in total. The molecule has 0 radical (unpaired) electrons. The quantitative estimate of drug-likeness (QED) is 0.201. The van der Waals surface area contributed by atoms with Crippen LogP contribution in [0.15, 0.2) is 0 Å². The van der Waals surface area contributed by atoms with Crippen molar-refractivity contribution < 1.29 is 22.7 Å². The van der Waals surface area contributed by atoms with Crippen LogP contribution in [-0.4, -0.2) is 65.4 Å². The number of rotatable bonds is 0. The standard InChI is InChI=1S/HI.K.H3NO.H2O4S/c;;1-2;1-5(2,3)4/h1H;;2H,1H2;(H2,1,2,3,4)/q;+1;;/p-1. The molecule has 9 heavy (non-hydrogen) atoms. The Kier molecular flexibility index (Phi) is 24.6. The summed E-state index contributed by atoms with van der Waals surface area (Å²) in [4.78, 5) is 0. The van der Waals surface area contributed by atoms with Crippen LogP contribution < -0.4 is 5.90 Å². The van der Waals surface area contributed by atoms with Gasteiger partial charge in [0, 0.05) is 0 Å². The van der Waals surface area contributed by atoms with Crippen molar-refractivity contribution >= 4 is 64.4 Å². The SMILES string of the molecule is NO.O=S(=O)(O)O.[K][I]. The third-order valence-electron chi connectivity index (χ3n) is 0. The van der Waals surface area contributed by atoms with Gasteiger partial charge in [0.1, 0.15) is 0 Å². The van der Waals surface area contributed by atoms with E-state index in [2.05, 4.69) is 17.2 Å². The van der Waals surface area contributed by atoms with Crippen LogP contribution in [-0.2, 0) is 10.4 Å². The zero-order valence-corrected chi connectivity index (χ0v) is 10.6. The van der Waals surface area contributed by atoms with E-state index in [0.717, 1.165) is 42.7 Å². The molecule has 0 saturated heterocycles. The maximum atomic E-state index is 8.74. The van der Waals surface area contributed by atoms with E-state index in [0.29, 0.717) is 0 Å². The first-order valence-electron chi connectivity index (χ1n) is 1.33. The van der Waals surface area contributed by atoms with Crippen LogP contribution in [0.2, 0.25) is 0 Å². The van der Waals surface area contributed by atoms with Gasteiger partial charge in [0.05, 0.1) is 0 Å². The van der Waals surface area contributed by atoms with Gasteiger partial charge in [-0.05, 0) is 0 Å². The Labute approximate surface area is 90.8 Å². The van der Waals surface area contributed by atoms with Crippen LogP contribution in [0.4, 0.5) is 0 Å². The molecule has 0 rings (SSSR count). The summed E-state index contributed by atoms with van der Waals surface area (Å²) in [5.74, 6) is 3.50. The van der Waals surface area contributed by atoms with E-state index >= 15 is 0 Å². The number of hydrogen-bond acceptors (Lipinski definition) is 4. The first-order valence-corrected chi connectivity index (χ1v) is 12.8. The summed E-state index contributed by atoms with van der Waals surface area (Å²) in [6.07, 6.45) is 0. The Bertz CT molecular complexity index is 100. The normalized spacial score (nSPS) is 7.89. The van der Waals surface area contributed by atoms with Crippen LogP contribution in [0, 0.1) is 0 Å². The summed E-state index contributed by atoms with van der Waals surface area (Å²) in [7, 11) is -4.67. The maximum absolute atomic E-state index is 8.74. The van der Waals surface area contributed by atoms with Gasteiger partial charge in [0.25, 0.3) is 0 Å². The molecule has 0 fully saturated rings. The molecule has 0 aliphatic carbocycles. The van der Waals surface area contributed by atoms with Crippen LogP contribution in [0.1, 0.15) is 0 Å². The van der Waals surface area contributed by atoms with E-state index in [1.807, 2.05) is 0 Å². The second-order valence-electron chi connectivity index (χ2n) is 0.448. The molecule has 0 saturated carbocycles. The fraction of sp³-hybridized carbons (Fsp3) is 0. The molecule has 0 aliphatic rings. The van der Waals surface area contributed by atoms with E-state index in [9.17, 15) is 0 Å². The van der Waals surface area contributed by atoms with Gasteiger partial charge < -0.3 is 5.21 Å². The average molecular weight is 297 g/mol. The Morgan fingerprint density at radius 3 is 1.22 bits per heavy atom. The number of nitrogens with two attached hydrogens (primary N) is 1. The second-order valence-corrected chi connectivity index (χ2v) is 1.34. The van der Waals surface area contributed by atoms with Crippen molar-refractivity contribution in [1.29, 1.82) is 0 Å².